The van der Waals surface area contributed by atoms with Gasteiger partial charge in [0, 0.05) is 6.42 Å². The number of rotatable bonds is 6. The molecule has 4 N–H and O–H groups in total. The molecule has 0 aromatic carbocycles. The lowest BCUT2D eigenvalue weighted by molar-refractivity contribution is -0.313. The van der Waals surface area contributed by atoms with E-state index in [4.69, 9.17) is 9.47 Å². The lowest BCUT2D eigenvalue weighted by Gasteiger charge is -2.44. The fraction of sp³-hybridized carbons (Fsp3) is 0.842. The van der Waals surface area contributed by atoms with Crippen LogP contribution in [0.3, 0.4) is 0 Å². The number of carbonyl (C=O) groups excluding carboxylic acids is 1. The lowest BCUT2D eigenvalue weighted by Crippen LogP contribution is -2.59. The lowest BCUT2D eigenvalue weighted by atomic mass is 9.70. The molecule has 1 unspecified atom stereocenters. The highest BCUT2D eigenvalue weighted by atomic mass is 16.7. The molecule has 0 bridgehead atoms. The van der Waals surface area contributed by atoms with Crippen molar-refractivity contribution in [1.82, 2.24) is 0 Å². The molecule has 0 spiro atoms. The van der Waals surface area contributed by atoms with Gasteiger partial charge in [-0.05, 0) is 38.5 Å². The van der Waals surface area contributed by atoms with Crippen molar-refractivity contribution in [2.45, 2.75) is 90.2 Å². The zero-order valence-corrected chi connectivity index (χ0v) is 16.0. The second kappa shape index (κ2) is 8.46. The van der Waals surface area contributed by atoms with Crippen molar-refractivity contribution >= 4 is 5.78 Å². The van der Waals surface area contributed by atoms with E-state index in [0.717, 1.165) is 12.0 Å². The van der Waals surface area contributed by atoms with Crippen molar-refractivity contribution in [3.63, 3.8) is 0 Å². The summed E-state index contributed by atoms with van der Waals surface area (Å²) in [4.78, 5) is 11.3. The third-order valence-electron chi connectivity index (χ3n) is 5.51. The smallest absolute Gasteiger partial charge is 0.186 e. The summed E-state index contributed by atoms with van der Waals surface area (Å²) in [5.41, 5.74) is 2.27. The molecule has 7 heteroatoms. The number of aliphatic hydroxyl groups excluding tert-OH is 4. The van der Waals surface area contributed by atoms with Crippen LogP contribution in [0, 0.1) is 5.41 Å². The van der Waals surface area contributed by atoms with Crippen molar-refractivity contribution in [2.75, 3.05) is 6.61 Å². The maximum atomic E-state index is 11.3. The predicted molar refractivity (Wildman–Crippen MR) is 94.3 cm³/mol. The SMILES string of the molecule is CC(=O)CCC1=C(C)C[C@H](OC2O[C@H](CO)[C@@H](O)[C@H](O)[C@H]2O)CC1(C)C. The Labute approximate surface area is 154 Å². The minimum absolute atomic E-state index is 0.156. The Balaban J connectivity index is 2.08. The van der Waals surface area contributed by atoms with Gasteiger partial charge in [-0.1, -0.05) is 25.0 Å². The van der Waals surface area contributed by atoms with Crippen molar-refractivity contribution in [3.8, 4) is 0 Å². The van der Waals surface area contributed by atoms with Crippen LogP contribution in [0.1, 0.15) is 53.4 Å². The van der Waals surface area contributed by atoms with Crippen LogP contribution in [0.4, 0.5) is 0 Å². The van der Waals surface area contributed by atoms with Crippen molar-refractivity contribution in [2.24, 2.45) is 5.41 Å². The first-order valence-electron chi connectivity index (χ1n) is 9.21. The number of hydrogen-bond donors (Lipinski definition) is 4. The van der Waals surface area contributed by atoms with Crippen LogP contribution in [0.15, 0.2) is 11.1 Å². The van der Waals surface area contributed by atoms with E-state index < -0.39 is 37.3 Å². The molecular formula is C19H32O7. The Morgan fingerprint density at radius 2 is 1.88 bits per heavy atom. The van der Waals surface area contributed by atoms with Crippen molar-refractivity contribution < 1.29 is 34.7 Å². The molecule has 0 amide bonds. The number of ether oxygens (including phenoxy) is 2. The Bertz CT molecular complexity index is 540. The van der Waals surface area contributed by atoms with Gasteiger partial charge in [0.1, 0.15) is 30.2 Å². The average molecular weight is 372 g/mol. The zero-order valence-electron chi connectivity index (χ0n) is 16.0. The van der Waals surface area contributed by atoms with Gasteiger partial charge in [-0.25, -0.2) is 0 Å². The molecule has 0 saturated carbocycles. The maximum Gasteiger partial charge on any atom is 0.186 e. The quantitative estimate of drug-likeness (QED) is 0.507. The molecule has 6 atom stereocenters. The Morgan fingerprint density at radius 1 is 1.23 bits per heavy atom. The number of ketones is 1. The zero-order chi connectivity index (χ0) is 19.6. The van der Waals surface area contributed by atoms with Crippen LogP contribution >= 0.6 is 0 Å². The third-order valence-corrected chi connectivity index (χ3v) is 5.51. The van der Waals surface area contributed by atoms with E-state index in [9.17, 15) is 25.2 Å². The summed E-state index contributed by atoms with van der Waals surface area (Å²) in [5, 5.41) is 39.2. The third kappa shape index (κ3) is 4.71. The first-order chi connectivity index (χ1) is 12.1. The van der Waals surface area contributed by atoms with E-state index in [0.29, 0.717) is 19.3 Å². The molecule has 2 rings (SSSR count). The summed E-state index contributed by atoms with van der Waals surface area (Å²) >= 11 is 0. The summed E-state index contributed by atoms with van der Waals surface area (Å²) in [5.74, 6) is 0.167. The second-order valence-electron chi connectivity index (χ2n) is 8.21. The van der Waals surface area contributed by atoms with Gasteiger partial charge in [0.25, 0.3) is 0 Å². The second-order valence-corrected chi connectivity index (χ2v) is 8.21. The van der Waals surface area contributed by atoms with Crippen molar-refractivity contribution in [1.29, 1.82) is 0 Å². The van der Waals surface area contributed by atoms with Gasteiger partial charge < -0.3 is 34.7 Å². The van der Waals surface area contributed by atoms with Gasteiger partial charge in [0.2, 0.25) is 0 Å². The molecule has 2 aliphatic rings. The van der Waals surface area contributed by atoms with Gasteiger partial charge >= 0.3 is 0 Å². The molecular weight excluding hydrogens is 340 g/mol. The molecule has 1 heterocycles. The van der Waals surface area contributed by atoms with Gasteiger partial charge in [-0.2, -0.15) is 0 Å². The van der Waals surface area contributed by atoms with Crippen LogP contribution in [0.2, 0.25) is 0 Å². The highest BCUT2D eigenvalue weighted by molar-refractivity contribution is 5.75. The van der Waals surface area contributed by atoms with E-state index in [2.05, 4.69) is 13.8 Å². The van der Waals surface area contributed by atoms with Crippen LogP contribution in [-0.4, -0.2) is 69.6 Å². The molecule has 7 nitrogen and oxygen atoms in total. The number of allylic oxidation sites excluding steroid dienone is 1. The Kier molecular flexibility index (Phi) is 6.98. The summed E-state index contributed by atoms with van der Waals surface area (Å²) < 4.78 is 11.4. The van der Waals surface area contributed by atoms with E-state index in [1.165, 1.54) is 5.57 Å². The highest BCUT2D eigenvalue weighted by Crippen LogP contribution is 2.44. The largest absolute Gasteiger partial charge is 0.394 e. The summed E-state index contributed by atoms with van der Waals surface area (Å²) in [7, 11) is 0. The van der Waals surface area contributed by atoms with E-state index >= 15 is 0 Å². The summed E-state index contributed by atoms with van der Waals surface area (Å²) in [6.07, 6.45) is -3.95. The molecule has 1 aliphatic heterocycles. The van der Waals surface area contributed by atoms with E-state index in [1.807, 2.05) is 6.92 Å². The van der Waals surface area contributed by atoms with E-state index in [1.54, 1.807) is 6.92 Å². The van der Waals surface area contributed by atoms with Gasteiger partial charge in [-0.3, -0.25) is 0 Å². The monoisotopic (exact) mass is 372 g/mol. The topological polar surface area (TPSA) is 116 Å². The van der Waals surface area contributed by atoms with Gasteiger partial charge in [0.15, 0.2) is 6.29 Å². The fourth-order valence-electron chi connectivity index (χ4n) is 4.13. The molecule has 26 heavy (non-hydrogen) atoms. The van der Waals surface area contributed by atoms with Crippen molar-refractivity contribution in [3.05, 3.63) is 11.1 Å². The van der Waals surface area contributed by atoms with Crippen LogP contribution in [0.25, 0.3) is 0 Å². The Hall–Kier alpha value is -0.830. The van der Waals surface area contributed by atoms with Gasteiger partial charge in [-0.15, -0.1) is 0 Å². The number of Topliss-reactive ketones (excluding diaryl/α,β-unsaturated/α-hetero) is 1. The predicted octanol–water partition coefficient (Wildman–Crippen LogP) is 0.677. The van der Waals surface area contributed by atoms with Crippen LogP contribution in [0.5, 0.6) is 0 Å². The van der Waals surface area contributed by atoms with Crippen LogP contribution < -0.4 is 0 Å². The fourth-order valence-corrected chi connectivity index (χ4v) is 4.13. The minimum Gasteiger partial charge on any atom is -0.394 e. The van der Waals surface area contributed by atoms with Gasteiger partial charge in [0.05, 0.1) is 12.7 Å². The van der Waals surface area contributed by atoms with E-state index in [-0.39, 0.29) is 17.3 Å². The molecule has 0 radical (unpaired) electrons. The molecule has 1 saturated heterocycles. The first-order valence-corrected chi connectivity index (χ1v) is 9.21. The molecule has 1 fully saturated rings. The number of carbonyl (C=O) groups is 1. The summed E-state index contributed by atoms with van der Waals surface area (Å²) in [6.45, 7) is 7.36. The standard InChI is InChI=1S/C19H32O7/c1-10-7-12(8-19(3,4)13(10)6-5-11(2)21)25-18-17(24)16(23)15(22)14(9-20)26-18/h12,14-18,20,22-24H,5-9H2,1-4H3/t12-,14+,15+,16-,17+,18?/m0/s1. The van der Waals surface area contributed by atoms with Crippen LogP contribution in [-0.2, 0) is 14.3 Å². The highest BCUT2D eigenvalue weighted by Gasteiger charge is 2.45. The maximum absolute atomic E-state index is 11.3. The Morgan fingerprint density at radius 3 is 2.42 bits per heavy atom. The average Bonchev–Trinajstić information content (AvgIpc) is 2.53. The number of aliphatic hydroxyl groups is 4. The molecule has 0 aromatic rings. The number of hydrogen-bond acceptors (Lipinski definition) is 7. The normalized spacial score (nSPS) is 37.7. The molecule has 150 valence electrons. The molecule has 1 aliphatic carbocycles. The molecule has 0 aromatic heterocycles. The first kappa shape index (κ1) is 21.5. The minimum atomic E-state index is -1.44. The summed E-state index contributed by atoms with van der Waals surface area (Å²) in [6, 6.07) is 0.